The molecule has 9 rings (SSSR count). The van der Waals surface area contributed by atoms with Crippen molar-refractivity contribution in [2.24, 2.45) is 0 Å². The van der Waals surface area contributed by atoms with Gasteiger partial charge in [-0.2, -0.15) is 0 Å². The Morgan fingerprint density at radius 1 is 0.381 bits per heavy atom. The summed E-state index contributed by atoms with van der Waals surface area (Å²) in [4.78, 5) is 3.67. The molecule has 0 radical (unpaired) electrons. The van der Waals surface area contributed by atoms with Gasteiger partial charge in [0, 0.05) is 38.3 Å². The van der Waals surface area contributed by atoms with E-state index in [1.165, 1.54) is 71.1 Å². The van der Waals surface area contributed by atoms with Crippen LogP contribution in [0.2, 0.25) is 0 Å². The van der Waals surface area contributed by atoms with Crippen LogP contribution in [0, 0.1) is 0 Å². The summed E-state index contributed by atoms with van der Waals surface area (Å²) in [5.41, 5.74) is 10.8. The Morgan fingerprint density at radius 2 is 0.976 bits per heavy atom. The lowest BCUT2D eigenvalue weighted by molar-refractivity contribution is 1.19. The van der Waals surface area contributed by atoms with Gasteiger partial charge in [0.05, 0.1) is 11.0 Å². The highest BCUT2D eigenvalue weighted by Gasteiger charge is 2.16. The van der Waals surface area contributed by atoms with Crippen LogP contribution in [0.4, 0.5) is 0 Å². The topological polar surface area (TPSA) is 20.7 Å². The van der Waals surface area contributed by atoms with Crippen LogP contribution in [0.5, 0.6) is 0 Å². The van der Waals surface area contributed by atoms with Crippen molar-refractivity contribution >= 4 is 54.4 Å². The first-order chi connectivity index (χ1) is 20.8. The number of nitrogens with zero attached hydrogens (tertiary/aromatic N) is 1. The van der Waals surface area contributed by atoms with Crippen molar-refractivity contribution in [2.45, 2.75) is 0 Å². The Kier molecular flexibility index (Phi) is 4.93. The van der Waals surface area contributed by atoms with E-state index >= 15 is 0 Å². The van der Waals surface area contributed by atoms with E-state index in [-0.39, 0.29) is 0 Å². The van der Waals surface area contributed by atoms with Gasteiger partial charge < -0.3 is 9.55 Å². The fourth-order valence-corrected chi connectivity index (χ4v) is 6.72. The second-order valence-electron chi connectivity index (χ2n) is 11.1. The van der Waals surface area contributed by atoms with E-state index in [1.54, 1.807) is 0 Å². The molecule has 0 fully saturated rings. The van der Waals surface area contributed by atoms with E-state index in [9.17, 15) is 0 Å². The van der Waals surface area contributed by atoms with Crippen LogP contribution >= 0.6 is 0 Å². The number of fused-ring (bicyclic) bond motifs is 8. The maximum Gasteiger partial charge on any atom is 0.0547 e. The molecule has 1 N–H and O–H groups in total. The van der Waals surface area contributed by atoms with Gasteiger partial charge in [-0.25, -0.2) is 0 Å². The molecule has 0 saturated carbocycles. The van der Waals surface area contributed by atoms with Crippen molar-refractivity contribution in [1.29, 1.82) is 0 Å². The summed E-state index contributed by atoms with van der Waals surface area (Å²) in [6.45, 7) is 0. The minimum atomic E-state index is 1.15. The van der Waals surface area contributed by atoms with Crippen molar-refractivity contribution in [3.05, 3.63) is 152 Å². The van der Waals surface area contributed by atoms with Crippen molar-refractivity contribution in [2.75, 3.05) is 0 Å². The largest absolute Gasteiger partial charge is 0.354 e. The smallest absolute Gasteiger partial charge is 0.0547 e. The minimum absolute atomic E-state index is 1.15. The highest BCUT2D eigenvalue weighted by atomic mass is 15.0. The van der Waals surface area contributed by atoms with Crippen molar-refractivity contribution in [3.63, 3.8) is 0 Å². The molecule has 2 heteroatoms. The van der Waals surface area contributed by atoms with Crippen molar-refractivity contribution in [3.8, 4) is 27.9 Å². The van der Waals surface area contributed by atoms with Crippen LogP contribution in [0.1, 0.15) is 0 Å². The van der Waals surface area contributed by atoms with E-state index in [4.69, 9.17) is 0 Å². The molecule has 0 amide bonds. The second kappa shape index (κ2) is 8.95. The van der Waals surface area contributed by atoms with Crippen LogP contribution in [0.3, 0.4) is 0 Å². The molecule has 0 unspecified atom stereocenters. The maximum atomic E-state index is 3.67. The lowest BCUT2D eigenvalue weighted by atomic mass is 10.0. The number of H-pyrrole nitrogens is 1. The molecule has 2 nitrogen and oxygen atoms in total. The number of aromatic nitrogens is 2. The third-order valence-electron chi connectivity index (χ3n) is 8.71. The zero-order valence-electron chi connectivity index (χ0n) is 22.9. The highest BCUT2D eigenvalue weighted by Crippen LogP contribution is 2.39. The maximum absolute atomic E-state index is 3.67. The molecule has 2 aromatic heterocycles. The predicted octanol–water partition coefficient (Wildman–Crippen LogP) is 10.9. The molecule has 42 heavy (non-hydrogen) atoms. The molecule has 0 saturated heterocycles. The molecule has 0 aliphatic carbocycles. The quantitative estimate of drug-likeness (QED) is 0.233. The van der Waals surface area contributed by atoms with Gasteiger partial charge in [-0.1, -0.05) is 115 Å². The second-order valence-corrected chi connectivity index (χ2v) is 11.1. The first kappa shape index (κ1) is 23.1. The number of benzene rings is 7. The van der Waals surface area contributed by atoms with Gasteiger partial charge in [-0.05, 0) is 69.4 Å². The van der Waals surface area contributed by atoms with E-state index in [0.717, 1.165) is 11.2 Å². The first-order valence-electron chi connectivity index (χ1n) is 14.4. The fourth-order valence-electron chi connectivity index (χ4n) is 6.72. The van der Waals surface area contributed by atoms with Gasteiger partial charge in [-0.3, -0.25) is 0 Å². The van der Waals surface area contributed by atoms with Gasteiger partial charge in [0.15, 0.2) is 0 Å². The van der Waals surface area contributed by atoms with Crippen LogP contribution < -0.4 is 0 Å². The van der Waals surface area contributed by atoms with Crippen LogP contribution in [-0.2, 0) is 0 Å². The van der Waals surface area contributed by atoms with Gasteiger partial charge in [0.1, 0.15) is 0 Å². The standard InChI is InChI=1S/C40H26N2/c1-3-9-26(10-4-1)29-15-19-33-34-20-16-30(27-11-5-2-6-12-27)24-39(34)42(38(33)23-29)31-18-22-36-35(25-31)40-32-14-8-7-13-28(32)17-21-37(40)41-36/h1-25,41H. The average molecular weight is 535 g/mol. The van der Waals surface area contributed by atoms with E-state index < -0.39 is 0 Å². The molecular formula is C40H26N2. The Hall–Kier alpha value is -5.60. The lowest BCUT2D eigenvalue weighted by Crippen LogP contribution is -1.94. The summed E-state index contributed by atoms with van der Waals surface area (Å²) in [5, 5.41) is 7.57. The number of aromatic amines is 1. The zero-order chi connectivity index (χ0) is 27.6. The predicted molar refractivity (Wildman–Crippen MR) is 179 cm³/mol. The van der Waals surface area contributed by atoms with Crippen LogP contribution in [0.15, 0.2) is 152 Å². The first-order valence-corrected chi connectivity index (χ1v) is 14.4. The average Bonchev–Trinajstić information content (AvgIpc) is 3.60. The molecule has 9 aromatic rings. The van der Waals surface area contributed by atoms with E-state index in [0.29, 0.717) is 0 Å². The normalized spacial score (nSPS) is 11.8. The van der Waals surface area contributed by atoms with Gasteiger partial charge in [0.2, 0.25) is 0 Å². The number of hydrogen-bond donors (Lipinski definition) is 1. The summed E-state index contributed by atoms with van der Waals surface area (Å²) in [7, 11) is 0. The van der Waals surface area contributed by atoms with Crippen molar-refractivity contribution < 1.29 is 0 Å². The summed E-state index contributed by atoms with van der Waals surface area (Å²) < 4.78 is 2.45. The Morgan fingerprint density at radius 3 is 1.64 bits per heavy atom. The van der Waals surface area contributed by atoms with Gasteiger partial charge in [-0.15, -0.1) is 0 Å². The van der Waals surface area contributed by atoms with E-state index in [1.807, 2.05) is 0 Å². The Balaban J connectivity index is 1.38. The molecule has 196 valence electrons. The summed E-state index contributed by atoms with van der Waals surface area (Å²) >= 11 is 0. The molecular weight excluding hydrogens is 508 g/mol. The molecule has 0 aliphatic rings. The monoisotopic (exact) mass is 534 g/mol. The van der Waals surface area contributed by atoms with Crippen molar-refractivity contribution in [1.82, 2.24) is 9.55 Å². The lowest BCUT2D eigenvalue weighted by Gasteiger charge is -2.11. The number of nitrogens with one attached hydrogen (secondary N) is 1. The van der Waals surface area contributed by atoms with Crippen LogP contribution in [0.25, 0.3) is 82.3 Å². The summed E-state index contributed by atoms with van der Waals surface area (Å²) in [6, 6.07) is 55.0. The van der Waals surface area contributed by atoms with Gasteiger partial charge >= 0.3 is 0 Å². The molecule has 7 aromatic carbocycles. The van der Waals surface area contributed by atoms with Gasteiger partial charge in [0.25, 0.3) is 0 Å². The number of rotatable bonds is 3. The molecule has 0 atom stereocenters. The summed E-state index contributed by atoms with van der Waals surface area (Å²) in [5.74, 6) is 0. The molecule has 0 aliphatic heterocycles. The third kappa shape index (κ3) is 3.45. The molecule has 0 bridgehead atoms. The molecule has 0 spiro atoms. The third-order valence-corrected chi connectivity index (χ3v) is 8.71. The SMILES string of the molecule is c1ccc(-c2ccc3c4ccc(-c5ccccc5)cc4n(-c4ccc5[nH]c6ccc7ccccc7c6c5c4)c3c2)cc1. The molecule has 2 heterocycles. The summed E-state index contributed by atoms with van der Waals surface area (Å²) in [6.07, 6.45) is 0. The fraction of sp³-hybridized carbons (Fsp3) is 0. The Labute approximate surface area is 243 Å². The van der Waals surface area contributed by atoms with E-state index in [2.05, 4.69) is 161 Å². The highest BCUT2D eigenvalue weighted by molar-refractivity contribution is 6.20. The van der Waals surface area contributed by atoms with Crippen LogP contribution in [-0.4, -0.2) is 9.55 Å². The zero-order valence-corrected chi connectivity index (χ0v) is 22.9. The minimum Gasteiger partial charge on any atom is -0.354 e. The number of hydrogen-bond acceptors (Lipinski definition) is 0. The Bertz CT molecular complexity index is 2350.